The van der Waals surface area contributed by atoms with Gasteiger partial charge in [0.15, 0.2) is 0 Å². The first kappa shape index (κ1) is 18.0. The molecule has 1 aliphatic heterocycles. The zero-order chi connectivity index (χ0) is 18.7. The van der Waals surface area contributed by atoms with Gasteiger partial charge in [-0.2, -0.15) is 0 Å². The van der Waals surface area contributed by atoms with Crippen molar-refractivity contribution in [2.45, 2.75) is 38.8 Å². The van der Waals surface area contributed by atoms with Gasteiger partial charge in [0.05, 0.1) is 6.26 Å². The summed E-state index contributed by atoms with van der Waals surface area (Å²) < 4.78 is 5.60. The highest BCUT2D eigenvalue weighted by Gasteiger charge is 2.30. The number of nitrogens with one attached hydrogen (secondary N) is 2. The van der Waals surface area contributed by atoms with Gasteiger partial charge in [0.25, 0.3) is 0 Å². The second kappa shape index (κ2) is 7.23. The van der Waals surface area contributed by atoms with Crippen LogP contribution in [0.25, 0.3) is 0 Å². The fourth-order valence-electron chi connectivity index (χ4n) is 3.20. The molecular formula is C20H25N3O3. The molecule has 6 nitrogen and oxygen atoms in total. The summed E-state index contributed by atoms with van der Waals surface area (Å²) in [6.07, 6.45) is 2.57. The van der Waals surface area contributed by atoms with Crippen LogP contribution in [0.3, 0.4) is 0 Å². The molecule has 0 saturated carbocycles. The van der Waals surface area contributed by atoms with Gasteiger partial charge in [0.2, 0.25) is 0 Å². The summed E-state index contributed by atoms with van der Waals surface area (Å²) in [6, 6.07) is 11.8. The third kappa shape index (κ3) is 4.07. The summed E-state index contributed by atoms with van der Waals surface area (Å²) in [5, 5.41) is 5.42. The topological polar surface area (TPSA) is 74.6 Å². The number of amides is 2. The molecule has 0 unspecified atom stereocenters. The molecule has 2 heterocycles. The zero-order valence-electron chi connectivity index (χ0n) is 15.4. The Hall–Kier alpha value is -2.76. The van der Waals surface area contributed by atoms with Gasteiger partial charge >= 0.3 is 11.8 Å². The van der Waals surface area contributed by atoms with Crippen molar-refractivity contribution in [1.29, 1.82) is 0 Å². The van der Waals surface area contributed by atoms with Crippen molar-refractivity contribution in [3.8, 4) is 0 Å². The van der Waals surface area contributed by atoms with Gasteiger partial charge < -0.3 is 20.0 Å². The Balaban J connectivity index is 1.73. The predicted molar refractivity (Wildman–Crippen MR) is 99.8 cm³/mol. The van der Waals surface area contributed by atoms with E-state index in [1.54, 1.807) is 6.26 Å². The van der Waals surface area contributed by atoms with Gasteiger partial charge in [-0.1, -0.05) is 18.2 Å². The number of hydrogen-bond acceptors (Lipinski definition) is 4. The van der Waals surface area contributed by atoms with Crippen LogP contribution in [-0.2, 0) is 16.0 Å². The van der Waals surface area contributed by atoms with Crippen LogP contribution < -0.4 is 15.5 Å². The summed E-state index contributed by atoms with van der Waals surface area (Å²) in [4.78, 5) is 26.4. The summed E-state index contributed by atoms with van der Waals surface area (Å²) in [7, 11) is 0. The van der Waals surface area contributed by atoms with Crippen molar-refractivity contribution in [3.05, 3.63) is 54.0 Å². The van der Waals surface area contributed by atoms with Crippen molar-refractivity contribution < 1.29 is 14.0 Å². The second-order valence-corrected chi connectivity index (χ2v) is 7.52. The van der Waals surface area contributed by atoms with E-state index in [4.69, 9.17) is 4.42 Å². The van der Waals surface area contributed by atoms with Crippen LogP contribution in [0.4, 0.5) is 5.69 Å². The Labute approximate surface area is 153 Å². The van der Waals surface area contributed by atoms with E-state index in [9.17, 15) is 9.59 Å². The van der Waals surface area contributed by atoms with E-state index in [0.717, 1.165) is 24.4 Å². The van der Waals surface area contributed by atoms with Crippen LogP contribution in [0.2, 0.25) is 0 Å². The first-order valence-electron chi connectivity index (χ1n) is 8.83. The third-order valence-electron chi connectivity index (χ3n) is 4.32. The smallest absolute Gasteiger partial charge is 0.309 e. The van der Waals surface area contributed by atoms with E-state index in [2.05, 4.69) is 27.7 Å². The van der Waals surface area contributed by atoms with Crippen molar-refractivity contribution >= 4 is 17.5 Å². The first-order chi connectivity index (χ1) is 12.3. The molecule has 1 aromatic heterocycles. The van der Waals surface area contributed by atoms with Crippen molar-refractivity contribution in [3.63, 3.8) is 0 Å². The summed E-state index contributed by atoms with van der Waals surface area (Å²) in [5.41, 5.74) is 1.96. The molecule has 0 saturated heterocycles. The van der Waals surface area contributed by atoms with Gasteiger partial charge in [-0.05, 0) is 51.0 Å². The van der Waals surface area contributed by atoms with Crippen molar-refractivity contribution in [2.75, 3.05) is 18.0 Å². The molecule has 1 atom stereocenters. The fraction of sp³-hybridized carbons (Fsp3) is 0.400. The lowest BCUT2D eigenvalue weighted by Crippen LogP contribution is -2.49. The van der Waals surface area contributed by atoms with Crippen LogP contribution in [0, 0.1) is 0 Å². The zero-order valence-corrected chi connectivity index (χ0v) is 15.4. The molecule has 2 N–H and O–H groups in total. The number of anilines is 1. The SMILES string of the molecule is CC(C)(C)NC(=O)C(=O)NC[C@@H](c1ccco1)N1CCc2ccccc21. The lowest BCUT2D eigenvalue weighted by atomic mass is 10.1. The molecule has 0 aliphatic carbocycles. The molecule has 1 aliphatic rings. The van der Waals surface area contributed by atoms with Gasteiger partial charge in [-0.25, -0.2) is 0 Å². The molecule has 2 aromatic rings. The van der Waals surface area contributed by atoms with Crippen LogP contribution >= 0.6 is 0 Å². The van der Waals surface area contributed by atoms with E-state index in [-0.39, 0.29) is 12.6 Å². The molecular weight excluding hydrogens is 330 g/mol. The second-order valence-electron chi connectivity index (χ2n) is 7.52. The van der Waals surface area contributed by atoms with Crippen LogP contribution in [0.15, 0.2) is 47.1 Å². The van der Waals surface area contributed by atoms with E-state index in [0.29, 0.717) is 0 Å². The number of hydrogen-bond donors (Lipinski definition) is 2. The standard InChI is InChI=1S/C20H25N3O3/c1-20(2,3)22-19(25)18(24)21-13-16(17-9-6-12-26-17)23-11-10-14-7-4-5-8-15(14)23/h4-9,12,16H,10-11,13H2,1-3H3,(H,21,24)(H,22,25)/t16-/m0/s1. The number of rotatable bonds is 4. The number of benzene rings is 1. The Morgan fingerprint density at radius 3 is 2.62 bits per heavy atom. The molecule has 26 heavy (non-hydrogen) atoms. The van der Waals surface area contributed by atoms with E-state index in [1.165, 1.54) is 5.56 Å². The quantitative estimate of drug-likeness (QED) is 0.826. The summed E-state index contributed by atoms with van der Waals surface area (Å²) in [6.45, 7) is 6.65. The molecule has 138 valence electrons. The van der Waals surface area contributed by atoms with Crippen LogP contribution in [0.5, 0.6) is 0 Å². The normalized spacial score (nSPS) is 14.7. The Morgan fingerprint density at radius 1 is 1.15 bits per heavy atom. The highest BCUT2D eigenvalue weighted by atomic mass is 16.3. The largest absolute Gasteiger partial charge is 0.467 e. The maximum Gasteiger partial charge on any atom is 0.309 e. The van der Waals surface area contributed by atoms with Crippen molar-refractivity contribution in [1.82, 2.24) is 10.6 Å². The Kier molecular flexibility index (Phi) is 5.02. The lowest BCUT2D eigenvalue weighted by molar-refractivity contribution is -0.140. The maximum atomic E-state index is 12.2. The number of furan rings is 1. The minimum absolute atomic E-state index is 0.167. The molecule has 6 heteroatoms. The molecule has 0 spiro atoms. The monoisotopic (exact) mass is 355 g/mol. The average Bonchev–Trinajstić information content (AvgIpc) is 3.24. The number of carbonyl (C=O) groups is 2. The average molecular weight is 355 g/mol. The lowest BCUT2D eigenvalue weighted by Gasteiger charge is -2.29. The number of fused-ring (bicyclic) bond motifs is 1. The van der Waals surface area contributed by atoms with Crippen LogP contribution in [0.1, 0.15) is 38.1 Å². The number of para-hydroxylation sites is 1. The van der Waals surface area contributed by atoms with E-state index in [1.807, 2.05) is 45.0 Å². The highest BCUT2D eigenvalue weighted by molar-refractivity contribution is 6.35. The predicted octanol–water partition coefficient (Wildman–Crippen LogP) is 2.41. The minimum Gasteiger partial charge on any atom is -0.467 e. The molecule has 0 fully saturated rings. The Morgan fingerprint density at radius 2 is 1.92 bits per heavy atom. The van der Waals surface area contributed by atoms with E-state index < -0.39 is 17.4 Å². The van der Waals surface area contributed by atoms with Crippen molar-refractivity contribution in [2.24, 2.45) is 0 Å². The van der Waals surface area contributed by atoms with Crippen LogP contribution in [-0.4, -0.2) is 30.4 Å². The third-order valence-corrected chi connectivity index (χ3v) is 4.32. The number of carbonyl (C=O) groups excluding carboxylic acids is 2. The number of nitrogens with zero attached hydrogens (tertiary/aromatic N) is 1. The summed E-state index contributed by atoms with van der Waals surface area (Å²) >= 11 is 0. The molecule has 3 rings (SSSR count). The minimum atomic E-state index is -0.635. The Bertz CT molecular complexity index is 778. The van der Waals surface area contributed by atoms with Gasteiger partial charge in [-0.3, -0.25) is 9.59 Å². The molecule has 0 radical (unpaired) electrons. The van der Waals surface area contributed by atoms with Gasteiger partial charge in [0, 0.05) is 24.3 Å². The van der Waals surface area contributed by atoms with E-state index >= 15 is 0 Å². The molecule has 0 bridgehead atoms. The van der Waals surface area contributed by atoms with Gasteiger partial charge in [0.1, 0.15) is 11.8 Å². The highest BCUT2D eigenvalue weighted by Crippen LogP contribution is 2.34. The maximum absolute atomic E-state index is 12.2. The molecule has 2 amide bonds. The molecule has 1 aromatic carbocycles. The summed E-state index contributed by atoms with van der Waals surface area (Å²) in [5.74, 6) is -0.500. The first-order valence-corrected chi connectivity index (χ1v) is 8.83. The van der Waals surface area contributed by atoms with Gasteiger partial charge in [-0.15, -0.1) is 0 Å². The fourth-order valence-corrected chi connectivity index (χ4v) is 3.20.